The van der Waals surface area contributed by atoms with E-state index in [1.807, 2.05) is 6.07 Å². The van der Waals surface area contributed by atoms with Gasteiger partial charge >= 0.3 is 0 Å². The zero-order valence-electron chi connectivity index (χ0n) is 15.5. The van der Waals surface area contributed by atoms with Crippen LogP contribution >= 0.6 is 11.3 Å². The molecule has 28 heavy (non-hydrogen) atoms. The van der Waals surface area contributed by atoms with Crippen LogP contribution in [0.25, 0.3) is 4.96 Å². The highest BCUT2D eigenvalue weighted by Gasteiger charge is 2.36. The monoisotopic (exact) mass is 394 g/mol. The number of aromatic nitrogens is 2. The first-order chi connectivity index (χ1) is 13.7. The highest BCUT2D eigenvalue weighted by Crippen LogP contribution is 2.34. The van der Waals surface area contributed by atoms with Gasteiger partial charge in [-0.05, 0) is 49.9 Å². The molecular weight excluding hydrogens is 372 g/mol. The van der Waals surface area contributed by atoms with E-state index in [0.29, 0.717) is 4.96 Å². The molecule has 1 N–H and O–H groups in total. The number of nitrogens with one attached hydrogen (secondary N) is 1. The maximum absolute atomic E-state index is 13.1. The van der Waals surface area contributed by atoms with Gasteiger partial charge in [0.15, 0.2) is 4.96 Å². The third kappa shape index (κ3) is 2.95. The number of carbonyl (C=O) groups is 1. The number of benzene rings is 1. The van der Waals surface area contributed by atoms with Crippen molar-refractivity contribution in [1.82, 2.24) is 19.6 Å². The summed E-state index contributed by atoms with van der Waals surface area (Å²) in [4.78, 5) is 33.2. The van der Waals surface area contributed by atoms with E-state index < -0.39 is 0 Å². The third-order valence-corrected chi connectivity index (χ3v) is 6.74. The molecule has 3 heterocycles. The zero-order chi connectivity index (χ0) is 19.1. The van der Waals surface area contributed by atoms with Crippen molar-refractivity contribution in [2.24, 2.45) is 0 Å². The van der Waals surface area contributed by atoms with Crippen LogP contribution in [0.3, 0.4) is 0 Å². The number of rotatable bonds is 3. The molecule has 1 aliphatic heterocycles. The van der Waals surface area contributed by atoms with Crippen LogP contribution in [-0.2, 0) is 6.42 Å². The Morgan fingerprint density at radius 2 is 2.04 bits per heavy atom. The molecule has 5 rings (SSSR count). The molecule has 1 saturated heterocycles. The molecule has 6 nitrogen and oxygen atoms in total. The van der Waals surface area contributed by atoms with Crippen LogP contribution in [0.15, 0.2) is 46.8 Å². The first-order valence-corrected chi connectivity index (χ1v) is 10.7. The fourth-order valence-corrected chi connectivity index (χ4v) is 5.26. The van der Waals surface area contributed by atoms with E-state index in [-0.39, 0.29) is 29.1 Å². The van der Waals surface area contributed by atoms with Crippen LogP contribution in [0, 0.1) is 0 Å². The Bertz CT molecular complexity index is 1080. The summed E-state index contributed by atoms with van der Waals surface area (Å²) in [6.07, 6.45) is 7.52. The van der Waals surface area contributed by atoms with E-state index >= 15 is 0 Å². The van der Waals surface area contributed by atoms with Crippen molar-refractivity contribution < 1.29 is 4.79 Å². The van der Waals surface area contributed by atoms with Crippen LogP contribution in [0.4, 0.5) is 0 Å². The molecule has 1 amide bonds. The number of amides is 1. The number of hydrogen-bond donors (Lipinski definition) is 1. The summed E-state index contributed by atoms with van der Waals surface area (Å²) in [6, 6.07) is 8.48. The lowest BCUT2D eigenvalue weighted by Gasteiger charge is -2.39. The lowest BCUT2D eigenvalue weighted by molar-refractivity contribution is 0.0884. The fraction of sp³-hybridized carbons (Fsp3) is 0.381. The highest BCUT2D eigenvalue weighted by molar-refractivity contribution is 7.15. The lowest BCUT2D eigenvalue weighted by atomic mass is 9.83. The van der Waals surface area contributed by atoms with Gasteiger partial charge in [0.1, 0.15) is 5.56 Å². The molecule has 0 saturated carbocycles. The number of hydrogen-bond acceptors (Lipinski definition) is 5. The van der Waals surface area contributed by atoms with Gasteiger partial charge in [0, 0.05) is 23.8 Å². The van der Waals surface area contributed by atoms with E-state index in [1.54, 1.807) is 11.6 Å². The standard InChI is InChI=1S/C21H22N4O2S/c26-19(16-13-22-21-25(20(16)27)11-12-28-21)23-18-15-6-2-1-5-14(15)7-8-17(18)24-9-3-4-10-24/h1-2,5-6,11-13,17-18H,3-4,7-10H2,(H,23,26). The molecule has 0 bridgehead atoms. The predicted octanol–water partition coefficient (Wildman–Crippen LogP) is 2.64. The summed E-state index contributed by atoms with van der Waals surface area (Å²) in [6.45, 7) is 2.15. The molecule has 1 aromatic carbocycles. The second-order valence-corrected chi connectivity index (χ2v) is 8.40. The quantitative estimate of drug-likeness (QED) is 0.742. The molecule has 1 aliphatic carbocycles. The Morgan fingerprint density at radius 1 is 1.21 bits per heavy atom. The molecule has 2 aliphatic rings. The Hall–Kier alpha value is -2.51. The zero-order valence-corrected chi connectivity index (χ0v) is 16.3. The van der Waals surface area contributed by atoms with Crippen molar-refractivity contribution >= 4 is 22.2 Å². The Labute approximate surface area is 166 Å². The first kappa shape index (κ1) is 17.6. The largest absolute Gasteiger partial charge is 0.343 e. The molecule has 3 aromatic rings. The summed E-state index contributed by atoms with van der Waals surface area (Å²) in [5.74, 6) is -0.344. The number of nitrogens with zero attached hydrogens (tertiary/aromatic N) is 3. The minimum absolute atomic E-state index is 0.0964. The van der Waals surface area contributed by atoms with Crippen molar-refractivity contribution in [2.45, 2.75) is 37.8 Å². The summed E-state index contributed by atoms with van der Waals surface area (Å²) in [5, 5.41) is 4.98. The van der Waals surface area contributed by atoms with Gasteiger partial charge < -0.3 is 5.32 Å². The maximum Gasteiger partial charge on any atom is 0.271 e. The fourth-order valence-electron chi connectivity index (χ4n) is 4.58. The topological polar surface area (TPSA) is 66.7 Å². The van der Waals surface area contributed by atoms with Gasteiger partial charge in [-0.1, -0.05) is 24.3 Å². The van der Waals surface area contributed by atoms with Gasteiger partial charge in [-0.2, -0.15) is 0 Å². The van der Waals surface area contributed by atoms with Crippen molar-refractivity contribution in [3.8, 4) is 0 Å². The number of aryl methyl sites for hydroxylation is 1. The van der Waals surface area contributed by atoms with E-state index in [1.165, 1.54) is 45.9 Å². The second kappa shape index (κ2) is 7.14. The van der Waals surface area contributed by atoms with Gasteiger partial charge in [0.05, 0.1) is 6.04 Å². The van der Waals surface area contributed by atoms with Crippen molar-refractivity contribution in [3.05, 3.63) is 69.1 Å². The third-order valence-electron chi connectivity index (χ3n) is 5.97. The summed E-state index contributed by atoms with van der Waals surface area (Å²) >= 11 is 1.38. The van der Waals surface area contributed by atoms with E-state index in [9.17, 15) is 9.59 Å². The lowest BCUT2D eigenvalue weighted by Crippen LogP contribution is -2.48. The first-order valence-electron chi connectivity index (χ1n) is 9.80. The summed E-state index contributed by atoms with van der Waals surface area (Å²) < 4.78 is 1.44. The molecule has 0 radical (unpaired) electrons. The molecule has 7 heteroatoms. The van der Waals surface area contributed by atoms with Crippen LogP contribution in [0.2, 0.25) is 0 Å². The normalized spacial score (nSPS) is 22.3. The van der Waals surface area contributed by atoms with Crippen molar-refractivity contribution in [1.29, 1.82) is 0 Å². The maximum atomic E-state index is 13.1. The van der Waals surface area contributed by atoms with Crippen LogP contribution in [-0.4, -0.2) is 39.3 Å². The molecule has 2 unspecified atom stereocenters. The minimum atomic E-state index is -0.344. The Balaban J connectivity index is 1.50. The van der Waals surface area contributed by atoms with Crippen molar-refractivity contribution in [3.63, 3.8) is 0 Å². The van der Waals surface area contributed by atoms with E-state index in [4.69, 9.17) is 0 Å². The molecule has 2 aromatic heterocycles. The Morgan fingerprint density at radius 3 is 2.89 bits per heavy atom. The molecule has 0 spiro atoms. The van der Waals surface area contributed by atoms with Gasteiger partial charge in [0.2, 0.25) is 0 Å². The van der Waals surface area contributed by atoms with Crippen LogP contribution < -0.4 is 10.9 Å². The van der Waals surface area contributed by atoms with Gasteiger partial charge in [-0.25, -0.2) is 4.98 Å². The molecular formula is C21H22N4O2S. The van der Waals surface area contributed by atoms with Crippen LogP contribution in [0.1, 0.15) is 46.8 Å². The van der Waals surface area contributed by atoms with Crippen molar-refractivity contribution in [2.75, 3.05) is 13.1 Å². The second-order valence-electron chi connectivity index (χ2n) is 7.53. The minimum Gasteiger partial charge on any atom is -0.343 e. The highest BCUT2D eigenvalue weighted by atomic mass is 32.1. The molecule has 144 valence electrons. The number of thiazole rings is 1. The van der Waals surface area contributed by atoms with Gasteiger partial charge in [-0.15, -0.1) is 11.3 Å². The Kier molecular flexibility index (Phi) is 4.49. The van der Waals surface area contributed by atoms with E-state index in [0.717, 1.165) is 25.9 Å². The number of likely N-dealkylation sites (tertiary alicyclic amines) is 1. The summed E-state index contributed by atoms with van der Waals surface area (Å²) in [7, 11) is 0. The SMILES string of the molecule is O=C(NC1c2ccccc2CCC1N1CCCC1)c1cnc2sccn2c1=O. The molecule has 2 atom stereocenters. The number of carbonyl (C=O) groups excluding carboxylic acids is 1. The molecule has 1 fully saturated rings. The average molecular weight is 394 g/mol. The smallest absolute Gasteiger partial charge is 0.271 e. The average Bonchev–Trinajstić information content (AvgIpc) is 3.41. The van der Waals surface area contributed by atoms with Gasteiger partial charge in [-0.3, -0.25) is 18.9 Å². The van der Waals surface area contributed by atoms with E-state index in [2.05, 4.69) is 33.4 Å². The predicted molar refractivity (Wildman–Crippen MR) is 109 cm³/mol. The van der Waals surface area contributed by atoms with Crippen LogP contribution in [0.5, 0.6) is 0 Å². The van der Waals surface area contributed by atoms with Gasteiger partial charge in [0.25, 0.3) is 11.5 Å². The number of fused-ring (bicyclic) bond motifs is 2. The summed E-state index contributed by atoms with van der Waals surface area (Å²) in [5.41, 5.74) is 2.24.